The van der Waals surface area contributed by atoms with Crippen molar-refractivity contribution in [1.82, 2.24) is 4.90 Å². The van der Waals surface area contributed by atoms with Crippen molar-refractivity contribution in [2.24, 2.45) is 0 Å². The first kappa shape index (κ1) is 12.9. The molecule has 1 aliphatic rings. The molecule has 96 valence electrons. The van der Waals surface area contributed by atoms with E-state index in [0.29, 0.717) is 18.5 Å². The molecule has 0 N–H and O–H groups in total. The smallest absolute Gasteiger partial charge is 0.0643 e. The summed E-state index contributed by atoms with van der Waals surface area (Å²) in [5.41, 5.74) is 2.56. The Morgan fingerprint density at radius 3 is 2.72 bits per heavy atom. The van der Waals surface area contributed by atoms with Crippen LogP contribution in [0.25, 0.3) is 0 Å². The van der Waals surface area contributed by atoms with E-state index >= 15 is 0 Å². The SMILES string of the molecule is Cc1ccccc1N1C(C)CN(C)CC1CC#N. The van der Waals surface area contributed by atoms with Crippen molar-refractivity contribution in [1.29, 1.82) is 5.26 Å². The molecular weight excluding hydrogens is 222 g/mol. The van der Waals surface area contributed by atoms with Gasteiger partial charge in [-0.1, -0.05) is 18.2 Å². The zero-order valence-electron chi connectivity index (χ0n) is 11.4. The molecule has 3 heteroatoms. The number of nitriles is 1. The van der Waals surface area contributed by atoms with Crippen LogP contribution >= 0.6 is 0 Å². The van der Waals surface area contributed by atoms with Crippen molar-refractivity contribution in [3.05, 3.63) is 29.8 Å². The van der Waals surface area contributed by atoms with Crippen LogP contribution in [-0.4, -0.2) is 37.1 Å². The van der Waals surface area contributed by atoms with E-state index in [1.807, 2.05) is 0 Å². The van der Waals surface area contributed by atoms with E-state index < -0.39 is 0 Å². The van der Waals surface area contributed by atoms with Gasteiger partial charge in [0.25, 0.3) is 0 Å². The first-order valence-corrected chi connectivity index (χ1v) is 6.53. The van der Waals surface area contributed by atoms with Crippen molar-refractivity contribution < 1.29 is 0 Å². The number of benzene rings is 1. The van der Waals surface area contributed by atoms with Crippen LogP contribution < -0.4 is 4.90 Å². The summed E-state index contributed by atoms with van der Waals surface area (Å²) >= 11 is 0. The fraction of sp³-hybridized carbons (Fsp3) is 0.533. The Balaban J connectivity index is 2.33. The number of nitrogens with zero attached hydrogens (tertiary/aromatic N) is 3. The van der Waals surface area contributed by atoms with Gasteiger partial charge in [0.05, 0.1) is 18.5 Å². The number of para-hydroxylation sites is 1. The second-order valence-corrected chi connectivity index (χ2v) is 5.28. The van der Waals surface area contributed by atoms with Gasteiger partial charge in [0.15, 0.2) is 0 Å². The predicted octanol–water partition coefficient (Wildman–Crippen LogP) is 2.42. The molecule has 1 aromatic rings. The topological polar surface area (TPSA) is 30.3 Å². The minimum atomic E-state index is 0.296. The molecule has 0 aliphatic carbocycles. The molecule has 0 spiro atoms. The van der Waals surface area contributed by atoms with Gasteiger partial charge < -0.3 is 9.80 Å². The first-order chi connectivity index (χ1) is 8.63. The molecule has 2 rings (SSSR count). The van der Waals surface area contributed by atoms with E-state index in [0.717, 1.165) is 13.1 Å². The molecule has 2 atom stereocenters. The van der Waals surface area contributed by atoms with E-state index in [-0.39, 0.29) is 0 Å². The second-order valence-electron chi connectivity index (χ2n) is 5.28. The number of rotatable bonds is 2. The van der Waals surface area contributed by atoms with Crippen LogP contribution in [0.1, 0.15) is 18.9 Å². The molecule has 0 bridgehead atoms. The summed E-state index contributed by atoms with van der Waals surface area (Å²) < 4.78 is 0. The highest BCUT2D eigenvalue weighted by atomic mass is 15.3. The lowest BCUT2D eigenvalue weighted by Gasteiger charge is -2.46. The van der Waals surface area contributed by atoms with E-state index in [1.165, 1.54) is 11.3 Å². The maximum atomic E-state index is 9.03. The maximum Gasteiger partial charge on any atom is 0.0643 e. The summed E-state index contributed by atoms with van der Waals surface area (Å²) in [5, 5.41) is 9.03. The second kappa shape index (κ2) is 5.41. The third-order valence-corrected chi connectivity index (χ3v) is 3.69. The average Bonchev–Trinajstić information content (AvgIpc) is 2.31. The van der Waals surface area contributed by atoms with E-state index in [4.69, 9.17) is 5.26 Å². The third kappa shape index (κ3) is 2.49. The quantitative estimate of drug-likeness (QED) is 0.799. The highest BCUT2D eigenvalue weighted by Crippen LogP contribution is 2.28. The van der Waals surface area contributed by atoms with Crippen molar-refractivity contribution >= 4 is 5.69 Å². The molecule has 18 heavy (non-hydrogen) atoms. The van der Waals surface area contributed by atoms with Gasteiger partial charge in [0.2, 0.25) is 0 Å². The fourth-order valence-electron chi connectivity index (χ4n) is 2.98. The molecule has 2 unspecified atom stereocenters. The average molecular weight is 243 g/mol. The number of hydrogen-bond donors (Lipinski definition) is 0. The van der Waals surface area contributed by atoms with E-state index in [9.17, 15) is 0 Å². The summed E-state index contributed by atoms with van der Waals surface area (Å²) in [6.45, 7) is 6.40. The highest BCUT2D eigenvalue weighted by molar-refractivity contribution is 5.55. The van der Waals surface area contributed by atoms with Gasteiger partial charge in [-0.15, -0.1) is 0 Å². The summed E-state index contributed by atoms with van der Waals surface area (Å²) in [4.78, 5) is 4.75. The van der Waals surface area contributed by atoms with E-state index in [1.54, 1.807) is 0 Å². The summed E-state index contributed by atoms with van der Waals surface area (Å²) in [7, 11) is 2.13. The molecule has 0 radical (unpaired) electrons. The number of likely N-dealkylation sites (N-methyl/N-ethyl adjacent to an activating group) is 1. The molecule has 0 saturated carbocycles. The zero-order valence-corrected chi connectivity index (χ0v) is 11.4. The summed E-state index contributed by atoms with van der Waals surface area (Å²) in [5.74, 6) is 0. The molecule has 0 amide bonds. The molecule has 1 aliphatic heterocycles. The van der Waals surface area contributed by atoms with Gasteiger partial charge in [-0.2, -0.15) is 5.26 Å². The van der Waals surface area contributed by atoms with Crippen molar-refractivity contribution in [2.45, 2.75) is 32.4 Å². The van der Waals surface area contributed by atoms with Gasteiger partial charge in [-0.3, -0.25) is 0 Å². The maximum absolute atomic E-state index is 9.03. The normalized spacial score (nSPS) is 24.9. The lowest BCUT2D eigenvalue weighted by atomic mass is 10.0. The van der Waals surface area contributed by atoms with Crippen molar-refractivity contribution in [3.8, 4) is 6.07 Å². The summed E-state index contributed by atoms with van der Waals surface area (Å²) in [6, 6.07) is 11.5. The van der Waals surface area contributed by atoms with Crippen LogP contribution in [0.2, 0.25) is 0 Å². The highest BCUT2D eigenvalue weighted by Gasteiger charge is 2.31. The van der Waals surface area contributed by atoms with Crippen LogP contribution in [0, 0.1) is 18.3 Å². The summed E-state index contributed by atoms with van der Waals surface area (Å²) in [6.07, 6.45) is 0.586. The Bertz CT molecular complexity index is 449. The zero-order chi connectivity index (χ0) is 13.1. The Morgan fingerprint density at radius 2 is 2.06 bits per heavy atom. The minimum Gasteiger partial charge on any atom is -0.362 e. The van der Waals surface area contributed by atoms with Gasteiger partial charge in [-0.25, -0.2) is 0 Å². The molecule has 3 nitrogen and oxygen atoms in total. The molecule has 1 saturated heterocycles. The van der Waals surface area contributed by atoms with Crippen molar-refractivity contribution in [3.63, 3.8) is 0 Å². The van der Waals surface area contributed by atoms with Gasteiger partial charge in [0, 0.05) is 24.8 Å². The molecular formula is C15H21N3. The van der Waals surface area contributed by atoms with Crippen molar-refractivity contribution in [2.75, 3.05) is 25.0 Å². The monoisotopic (exact) mass is 243 g/mol. The van der Waals surface area contributed by atoms with Crippen LogP contribution in [0.5, 0.6) is 0 Å². The number of aryl methyl sites for hydroxylation is 1. The Kier molecular flexibility index (Phi) is 3.88. The number of hydrogen-bond acceptors (Lipinski definition) is 3. The standard InChI is InChI=1S/C15H21N3/c1-12-6-4-5-7-15(12)18-13(2)10-17(3)11-14(18)8-9-16/h4-7,13-14H,8,10-11H2,1-3H3. The number of anilines is 1. The minimum absolute atomic E-state index is 0.296. The lowest BCUT2D eigenvalue weighted by Crippen LogP contribution is -2.57. The van der Waals surface area contributed by atoms with Crippen LogP contribution in [-0.2, 0) is 0 Å². The molecule has 1 aromatic carbocycles. The largest absolute Gasteiger partial charge is 0.362 e. The molecule has 1 heterocycles. The fourth-order valence-corrected chi connectivity index (χ4v) is 2.98. The first-order valence-electron chi connectivity index (χ1n) is 6.53. The lowest BCUT2D eigenvalue weighted by molar-refractivity contribution is 0.233. The van der Waals surface area contributed by atoms with Gasteiger partial charge in [-0.05, 0) is 32.5 Å². The van der Waals surface area contributed by atoms with Crippen LogP contribution in [0.4, 0.5) is 5.69 Å². The van der Waals surface area contributed by atoms with Gasteiger partial charge in [0.1, 0.15) is 0 Å². The van der Waals surface area contributed by atoms with Crippen LogP contribution in [0.3, 0.4) is 0 Å². The molecule has 0 aromatic heterocycles. The Labute approximate surface area is 110 Å². The predicted molar refractivity (Wildman–Crippen MR) is 74.6 cm³/mol. The van der Waals surface area contributed by atoms with Crippen LogP contribution in [0.15, 0.2) is 24.3 Å². The van der Waals surface area contributed by atoms with Gasteiger partial charge >= 0.3 is 0 Å². The Morgan fingerprint density at radius 1 is 1.33 bits per heavy atom. The molecule has 1 fully saturated rings. The Hall–Kier alpha value is -1.53. The van der Waals surface area contributed by atoms with E-state index in [2.05, 4.69) is 61.0 Å². The number of piperazine rings is 1. The third-order valence-electron chi connectivity index (χ3n) is 3.69.